The number of rotatable bonds is 6. The molecule has 1 heterocycles. The van der Waals surface area contributed by atoms with E-state index in [1.807, 2.05) is 12.1 Å². The standard InChI is InChI=1S/C17H25ClN2O/c1-11(2)13(12(3)4)10-20-14-7-6-8-15(21-5)17(14)19-16(20)9-18/h6-8,11-13H,9-10H2,1-5H3. The van der Waals surface area contributed by atoms with E-state index in [1.54, 1.807) is 7.11 Å². The van der Waals surface area contributed by atoms with Gasteiger partial charge in [-0.25, -0.2) is 4.98 Å². The molecule has 1 aromatic carbocycles. The molecule has 0 unspecified atom stereocenters. The second-order valence-electron chi connectivity index (χ2n) is 6.25. The van der Waals surface area contributed by atoms with Gasteiger partial charge in [0.2, 0.25) is 0 Å². The lowest BCUT2D eigenvalue weighted by atomic mass is 9.85. The number of aromatic nitrogens is 2. The summed E-state index contributed by atoms with van der Waals surface area (Å²) in [6, 6.07) is 6.05. The molecule has 0 atom stereocenters. The first kappa shape index (κ1) is 16.2. The molecule has 3 nitrogen and oxygen atoms in total. The number of imidazole rings is 1. The first-order valence-electron chi connectivity index (χ1n) is 7.57. The van der Waals surface area contributed by atoms with Crippen LogP contribution in [0.1, 0.15) is 33.5 Å². The Morgan fingerprint density at radius 1 is 1.19 bits per heavy atom. The Balaban J connectivity index is 2.51. The molecule has 2 aromatic rings. The lowest BCUT2D eigenvalue weighted by molar-refractivity contribution is 0.252. The van der Waals surface area contributed by atoms with Crippen LogP contribution in [0.3, 0.4) is 0 Å². The van der Waals surface area contributed by atoms with Gasteiger partial charge in [0, 0.05) is 6.54 Å². The molecule has 4 heteroatoms. The second-order valence-corrected chi connectivity index (χ2v) is 6.52. The molecule has 0 aliphatic carbocycles. The number of methoxy groups -OCH3 is 1. The van der Waals surface area contributed by atoms with Crippen molar-refractivity contribution >= 4 is 22.6 Å². The average molecular weight is 309 g/mol. The van der Waals surface area contributed by atoms with E-state index in [4.69, 9.17) is 16.3 Å². The van der Waals surface area contributed by atoms with Gasteiger partial charge in [0.1, 0.15) is 17.1 Å². The maximum atomic E-state index is 6.12. The van der Waals surface area contributed by atoms with Crippen LogP contribution in [-0.2, 0) is 12.4 Å². The lowest BCUT2D eigenvalue weighted by Crippen LogP contribution is -2.22. The van der Waals surface area contributed by atoms with Crippen LogP contribution in [0.5, 0.6) is 5.75 Å². The minimum absolute atomic E-state index is 0.417. The third-order valence-electron chi connectivity index (χ3n) is 4.27. The molecular weight excluding hydrogens is 284 g/mol. The molecule has 0 saturated carbocycles. The fraction of sp³-hybridized carbons (Fsp3) is 0.588. The van der Waals surface area contributed by atoms with Gasteiger partial charge in [-0.3, -0.25) is 0 Å². The van der Waals surface area contributed by atoms with Crippen LogP contribution in [0.2, 0.25) is 0 Å². The highest BCUT2D eigenvalue weighted by atomic mass is 35.5. The van der Waals surface area contributed by atoms with E-state index in [0.29, 0.717) is 23.6 Å². The summed E-state index contributed by atoms with van der Waals surface area (Å²) < 4.78 is 7.68. The number of halogens is 1. The molecule has 0 saturated heterocycles. The number of fused-ring (bicyclic) bond motifs is 1. The predicted octanol–water partition coefficient (Wildman–Crippen LogP) is 4.71. The van der Waals surface area contributed by atoms with E-state index < -0.39 is 0 Å². The molecular formula is C17H25ClN2O. The van der Waals surface area contributed by atoms with Gasteiger partial charge in [0.25, 0.3) is 0 Å². The van der Waals surface area contributed by atoms with Crippen LogP contribution in [0.4, 0.5) is 0 Å². The third-order valence-corrected chi connectivity index (χ3v) is 4.51. The fourth-order valence-electron chi connectivity index (χ4n) is 3.04. The monoisotopic (exact) mass is 308 g/mol. The van der Waals surface area contributed by atoms with Gasteiger partial charge in [-0.05, 0) is 29.9 Å². The maximum Gasteiger partial charge on any atom is 0.146 e. The van der Waals surface area contributed by atoms with Crippen LogP contribution in [0.15, 0.2) is 18.2 Å². The largest absolute Gasteiger partial charge is 0.494 e. The molecule has 2 rings (SSSR count). The van der Waals surface area contributed by atoms with E-state index in [-0.39, 0.29) is 0 Å². The molecule has 0 spiro atoms. The van der Waals surface area contributed by atoms with E-state index in [2.05, 4.69) is 43.3 Å². The number of hydrogen-bond acceptors (Lipinski definition) is 2. The van der Waals surface area contributed by atoms with Gasteiger partial charge in [0.05, 0.1) is 18.5 Å². The summed E-state index contributed by atoms with van der Waals surface area (Å²) in [7, 11) is 1.68. The van der Waals surface area contributed by atoms with Crippen LogP contribution in [0, 0.1) is 17.8 Å². The molecule has 0 amide bonds. The van der Waals surface area contributed by atoms with Crippen molar-refractivity contribution < 1.29 is 4.74 Å². The summed E-state index contributed by atoms with van der Waals surface area (Å²) in [6.07, 6.45) is 0. The zero-order chi connectivity index (χ0) is 15.6. The minimum atomic E-state index is 0.417. The Kier molecular flexibility index (Phi) is 5.15. The van der Waals surface area contributed by atoms with E-state index in [0.717, 1.165) is 29.2 Å². The van der Waals surface area contributed by atoms with Gasteiger partial charge in [-0.1, -0.05) is 33.8 Å². The predicted molar refractivity (Wildman–Crippen MR) is 89.0 cm³/mol. The van der Waals surface area contributed by atoms with Crippen LogP contribution >= 0.6 is 11.6 Å². The van der Waals surface area contributed by atoms with Crippen LogP contribution in [0.25, 0.3) is 11.0 Å². The second kappa shape index (κ2) is 6.69. The zero-order valence-corrected chi connectivity index (χ0v) is 14.3. The van der Waals surface area contributed by atoms with Crippen molar-refractivity contribution in [3.63, 3.8) is 0 Å². The summed E-state index contributed by atoms with van der Waals surface area (Å²) >= 11 is 6.12. The summed E-state index contributed by atoms with van der Waals surface area (Å²) in [5.41, 5.74) is 2.01. The number of para-hydroxylation sites is 1. The number of hydrogen-bond donors (Lipinski definition) is 0. The SMILES string of the molecule is COc1cccc2c1nc(CCl)n2CC(C(C)C)C(C)C. The molecule has 0 aliphatic heterocycles. The number of alkyl halides is 1. The Morgan fingerprint density at radius 3 is 2.38 bits per heavy atom. The quantitative estimate of drug-likeness (QED) is 0.722. The molecule has 1 aromatic heterocycles. The Bertz CT molecular complexity index is 596. The molecule has 116 valence electrons. The molecule has 21 heavy (non-hydrogen) atoms. The topological polar surface area (TPSA) is 27.1 Å². The molecule has 0 N–H and O–H groups in total. The van der Waals surface area contributed by atoms with Crippen molar-refractivity contribution in [1.29, 1.82) is 0 Å². The van der Waals surface area contributed by atoms with E-state index >= 15 is 0 Å². The Labute approximate surface area is 132 Å². The number of benzene rings is 1. The van der Waals surface area contributed by atoms with E-state index in [9.17, 15) is 0 Å². The smallest absolute Gasteiger partial charge is 0.146 e. The van der Waals surface area contributed by atoms with Crippen molar-refractivity contribution in [2.45, 2.75) is 40.1 Å². The first-order valence-corrected chi connectivity index (χ1v) is 8.11. The zero-order valence-electron chi connectivity index (χ0n) is 13.6. The summed E-state index contributed by atoms with van der Waals surface area (Å²) in [6.45, 7) is 10.1. The number of ether oxygens (including phenoxy) is 1. The van der Waals surface area contributed by atoms with Crippen molar-refractivity contribution in [3.05, 3.63) is 24.0 Å². The molecule has 0 bridgehead atoms. The third kappa shape index (κ3) is 3.18. The Morgan fingerprint density at radius 2 is 1.86 bits per heavy atom. The first-order chi connectivity index (χ1) is 9.99. The minimum Gasteiger partial charge on any atom is -0.494 e. The van der Waals surface area contributed by atoms with Crippen molar-refractivity contribution in [2.75, 3.05) is 7.11 Å². The van der Waals surface area contributed by atoms with Crippen LogP contribution < -0.4 is 4.74 Å². The highest BCUT2D eigenvalue weighted by Gasteiger charge is 2.21. The fourth-order valence-corrected chi connectivity index (χ4v) is 3.25. The van der Waals surface area contributed by atoms with Gasteiger partial charge in [0.15, 0.2) is 0 Å². The highest BCUT2D eigenvalue weighted by molar-refractivity contribution is 6.16. The van der Waals surface area contributed by atoms with Gasteiger partial charge < -0.3 is 9.30 Å². The normalized spacial score (nSPS) is 12.0. The molecule has 0 aliphatic rings. The molecule has 0 radical (unpaired) electrons. The summed E-state index contributed by atoms with van der Waals surface area (Å²) in [5.74, 6) is 3.98. The van der Waals surface area contributed by atoms with E-state index in [1.165, 1.54) is 0 Å². The Hall–Kier alpha value is -1.22. The number of nitrogens with zero attached hydrogens (tertiary/aromatic N) is 2. The van der Waals surface area contributed by atoms with Gasteiger partial charge in [-0.2, -0.15) is 0 Å². The summed E-state index contributed by atoms with van der Waals surface area (Å²) in [4.78, 5) is 4.68. The van der Waals surface area contributed by atoms with Gasteiger partial charge in [-0.15, -0.1) is 11.6 Å². The maximum absolute atomic E-state index is 6.12. The molecule has 0 fully saturated rings. The highest BCUT2D eigenvalue weighted by Crippen LogP contribution is 2.30. The lowest BCUT2D eigenvalue weighted by Gasteiger charge is -2.26. The van der Waals surface area contributed by atoms with Crippen molar-refractivity contribution in [3.8, 4) is 5.75 Å². The summed E-state index contributed by atoms with van der Waals surface area (Å²) in [5, 5.41) is 0. The van der Waals surface area contributed by atoms with Crippen molar-refractivity contribution in [2.24, 2.45) is 17.8 Å². The van der Waals surface area contributed by atoms with Crippen LogP contribution in [-0.4, -0.2) is 16.7 Å². The average Bonchev–Trinajstić information content (AvgIpc) is 2.81. The van der Waals surface area contributed by atoms with Gasteiger partial charge >= 0.3 is 0 Å². The van der Waals surface area contributed by atoms with Crippen molar-refractivity contribution in [1.82, 2.24) is 9.55 Å².